The number of carbonyl (C=O) groups is 1. The van der Waals surface area contributed by atoms with Crippen LogP contribution in [0, 0.1) is 12.7 Å². The van der Waals surface area contributed by atoms with Gasteiger partial charge in [-0.25, -0.2) is 17.6 Å². The molecule has 0 bridgehead atoms. The first-order valence-electron chi connectivity index (χ1n) is 9.28. The van der Waals surface area contributed by atoms with Crippen LogP contribution in [0.15, 0.2) is 39.1 Å². The van der Waals surface area contributed by atoms with Gasteiger partial charge in [-0.3, -0.25) is 0 Å². The van der Waals surface area contributed by atoms with Gasteiger partial charge in [0.25, 0.3) is 5.89 Å². The summed E-state index contributed by atoms with van der Waals surface area (Å²) in [6, 6.07) is 5.95. The van der Waals surface area contributed by atoms with E-state index in [9.17, 15) is 17.6 Å². The number of rotatable bonds is 6. The fourth-order valence-corrected chi connectivity index (χ4v) is 6.79. The number of thioether (sulfide) groups is 1. The third-order valence-corrected chi connectivity index (χ3v) is 8.53. The zero-order valence-electron chi connectivity index (χ0n) is 16.4. The molecule has 1 aliphatic rings. The lowest BCUT2D eigenvalue weighted by molar-refractivity contribution is 0.0431. The number of esters is 1. The molecule has 2 aromatic heterocycles. The van der Waals surface area contributed by atoms with Crippen molar-refractivity contribution in [3.63, 3.8) is 0 Å². The second kappa shape index (κ2) is 9.07. The summed E-state index contributed by atoms with van der Waals surface area (Å²) in [5.41, 5.74) is 0.919. The highest BCUT2D eigenvalue weighted by molar-refractivity contribution is 7.99. The van der Waals surface area contributed by atoms with Crippen LogP contribution in [0.3, 0.4) is 0 Å². The first kappa shape index (κ1) is 21.9. The van der Waals surface area contributed by atoms with Gasteiger partial charge in [0, 0.05) is 30.2 Å². The molecule has 164 valence electrons. The standard InChI is InChI=1S/C19H18FN3O5S3/c1-12-2-3-13(10-14(12)20)18-21-16(28-22-18)11-27-19(24)17-15(4-7-30-17)31(25,26)23-5-8-29-9-6-23/h2-4,7,10H,5-6,8-9,11H2,1H3. The van der Waals surface area contributed by atoms with Gasteiger partial charge in [-0.05, 0) is 30.0 Å². The average molecular weight is 484 g/mol. The zero-order chi connectivity index (χ0) is 22.0. The summed E-state index contributed by atoms with van der Waals surface area (Å²) in [4.78, 5) is 16.6. The van der Waals surface area contributed by atoms with E-state index in [1.165, 1.54) is 16.4 Å². The summed E-state index contributed by atoms with van der Waals surface area (Å²) >= 11 is 2.69. The van der Waals surface area contributed by atoms with Gasteiger partial charge < -0.3 is 9.26 Å². The van der Waals surface area contributed by atoms with E-state index in [1.807, 2.05) is 0 Å². The molecule has 0 radical (unpaired) electrons. The fourth-order valence-electron chi connectivity index (χ4n) is 2.93. The van der Waals surface area contributed by atoms with Gasteiger partial charge in [-0.2, -0.15) is 21.1 Å². The monoisotopic (exact) mass is 483 g/mol. The Morgan fingerprint density at radius 2 is 2.06 bits per heavy atom. The van der Waals surface area contributed by atoms with Gasteiger partial charge in [0.05, 0.1) is 0 Å². The number of aryl methyl sites for hydroxylation is 1. The third-order valence-electron chi connectivity index (χ3n) is 4.63. The number of hydrogen-bond acceptors (Lipinski definition) is 9. The highest BCUT2D eigenvalue weighted by Crippen LogP contribution is 2.28. The van der Waals surface area contributed by atoms with Crippen molar-refractivity contribution in [1.29, 1.82) is 0 Å². The molecule has 3 heterocycles. The van der Waals surface area contributed by atoms with Crippen molar-refractivity contribution >= 4 is 39.1 Å². The average Bonchev–Trinajstić information content (AvgIpc) is 3.45. The Morgan fingerprint density at radius 1 is 1.29 bits per heavy atom. The highest BCUT2D eigenvalue weighted by Gasteiger charge is 2.31. The Hall–Kier alpha value is -2.28. The van der Waals surface area contributed by atoms with Crippen LogP contribution in [0.1, 0.15) is 21.1 Å². The zero-order valence-corrected chi connectivity index (χ0v) is 18.9. The highest BCUT2D eigenvalue weighted by atomic mass is 32.2. The molecular weight excluding hydrogens is 465 g/mol. The van der Waals surface area contributed by atoms with E-state index in [0.717, 1.165) is 11.3 Å². The summed E-state index contributed by atoms with van der Waals surface area (Å²) in [7, 11) is -3.77. The largest absolute Gasteiger partial charge is 0.451 e. The SMILES string of the molecule is Cc1ccc(-c2noc(COC(=O)c3sccc3S(=O)(=O)N3CCSCC3)n2)cc1F. The van der Waals surface area contributed by atoms with Crippen molar-refractivity contribution < 1.29 is 26.9 Å². The molecule has 0 unspecified atom stereocenters. The summed E-state index contributed by atoms with van der Waals surface area (Å²) in [6.45, 7) is 2.12. The van der Waals surface area contributed by atoms with Crippen molar-refractivity contribution in [3.8, 4) is 11.4 Å². The van der Waals surface area contributed by atoms with E-state index in [0.29, 0.717) is 35.7 Å². The predicted molar refractivity (Wildman–Crippen MR) is 114 cm³/mol. The summed E-state index contributed by atoms with van der Waals surface area (Å²) in [6.07, 6.45) is 0. The number of nitrogens with zero attached hydrogens (tertiary/aromatic N) is 3. The molecule has 0 amide bonds. The minimum Gasteiger partial charge on any atom is -0.451 e. The topological polar surface area (TPSA) is 103 Å². The van der Waals surface area contributed by atoms with Crippen LogP contribution < -0.4 is 0 Å². The second-order valence-electron chi connectivity index (χ2n) is 6.68. The molecule has 0 aliphatic carbocycles. The Morgan fingerprint density at radius 3 is 2.81 bits per heavy atom. The minimum absolute atomic E-state index is 0.00132. The van der Waals surface area contributed by atoms with Crippen LogP contribution >= 0.6 is 23.1 Å². The maximum atomic E-state index is 13.7. The van der Waals surface area contributed by atoms with Crippen LogP contribution in [0.5, 0.6) is 0 Å². The van der Waals surface area contributed by atoms with Crippen LogP contribution in [0.25, 0.3) is 11.4 Å². The molecule has 31 heavy (non-hydrogen) atoms. The lowest BCUT2D eigenvalue weighted by Crippen LogP contribution is -2.38. The Labute approximate surface area is 186 Å². The molecular formula is C19H18FN3O5S3. The molecule has 1 aromatic carbocycles. The first-order valence-corrected chi connectivity index (χ1v) is 12.8. The van der Waals surface area contributed by atoms with Crippen molar-refractivity contribution in [2.45, 2.75) is 18.4 Å². The fraction of sp³-hybridized carbons (Fsp3) is 0.316. The molecule has 4 rings (SSSR count). The number of carbonyl (C=O) groups excluding carboxylic acids is 1. The third kappa shape index (κ3) is 4.66. The van der Waals surface area contributed by atoms with Gasteiger partial charge in [0.15, 0.2) is 6.61 Å². The lowest BCUT2D eigenvalue weighted by Gasteiger charge is -2.25. The van der Waals surface area contributed by atoms with E-state index < -0.39 is 21.8 Å². The van der Waals surface area contributed by atoms with Gasteiger partial charge in [-0.15, -0.1) is 11.3 Å². The predicted octanol–water partition coefficient (Wildman–Crippen LogP) is 3.34. The molecule has 0 atom stereocenters. The van der Waals surface area contributed by atoms with E-state index in [-0.39, 0.29) is 28.1 Å². The van der Waals surface area contributed by atoms with Crippen molar-refractivity contribution in [2.75, 3.05) is 24.6 Å². The smallest absolute Gasteiger partial charge is 0.350 e. The van der Waals surface area contributed by atoms with Crippen molar-refractivity contribution in [1.82, 2.24) is 14.4 Å². The first-order chi connectivity index (χ1) is 14.9. The minimum atomic E-state index is -3.77. The van der Waals surface area contributed by atoms with Crippen molar-refractivity contribution in [3.05, 3.63) is 51.8 Å². The summed E-state index contributed by atoms with van der Waals surface area (Å²) < 4.78 is 51.2. The Bertz CT molecular complexity index is 1200. The number of thiophene rings is 1. The molecule has 0 N–H and O–H groups in total. The van der Waals surface area contributed by atoms with Gasteiger partial charge in [0.1, 0.15) is 15.6 Å². The van der Waals surface area contributed by atoms with E-state index >= 15 is 0 Å². The molecule has 1 aliphatic heterocycles. The number of aromatic nitrogens is 2. The van der Waals surface area contributed by atoms with E-state index in [1.54, 1.807) is 36.2 Å². The summed E-state index contributed by atoms with van der Waals surface area (Å²) in [5.74, 6) is 0.418. The number of ether oxygens (including phenoxy) is 1. The van der Waals surface area contributed by atoms with E-state index in [2.05, 4.69) is 10.1 Å². The van der Waals surface area contributed by atoms with E-state index in [4.69, 9.17) is 9.26 Å². The van der Waals surface area contributed by atoms with Gasteiger partial charge in [-0.1, -0.05) is 17.3 Å². The lowest BCUT2D eigenvalue weighted by atomic mass is 10.1. The van der Waals surface area contributed by atoms with Crippen LogP contribution in [-0.4, -0.2) is 53.4 Å². The molecule has 3 aromatic rings. The normalized spacial score (nSPS) is 15.2. The maximum absolute atomic E-state index is 13.7. The Balaban J connectivity index is 1.45. The van der Waals surface area contributed by atoms with Crippen LogP contribution in [0.2, 0.25) is 0 Å². The number of sulfonamides is 1. The van der Waals surface area contributed by atoms with Gasteiger partial charge in [0.2, 0.25) is 15.8 Å². The Kier molecular flexibility index (Phi) is 6.42. The molecule has 12 heteroatoms. The van der Waals surface area contributed by atoms with Crippen LogP contribution in [0.4, 0.5) is 4.39 Å². The molecule has 1 saturated heterocycles. The van der Waals surface area contributed by atoms with Crippen LogP contribution in [-0.2, 0) is 21.4 Å². The summed E-state index contributed by atoms with van der Waals surface area (Å²) in [5, 5.41) is 5.31. The molecule has 0 spiro atoms. The molecule has 8 nitrogen and oxygen atoms in total. The molecule has 0 saturated carbocycles. The number of hydrogen-bond donors (Lipinski definition) is 0. The quantitative estimate of drug-likeness (QED) is 0.492. The second-order valence-corrected chi connectivity index (χ2v) is 10.7. The maximum Gasteiger partial charge on any atom is 0.350 e. The number of benzene rings is 1. The van der Waals surface area contributed by atoms with Gasteiger partial charge >= 0.3 is 5.97 Å². The van der Waals surface area contributed by atoms with Crippen molar-refractivity contribution in [2.24, 2.45) is 0 Å². The number of halogens is 1. The molecule has 1 fully saturated rings.